The Hall–Kier alpha value is -1.71. The van der Waals surface area contributed by atoms with E-state index in [1.54, 1.807) is 6.20 Å². The van der Waals surface area contributed by atoms with Gasteiger partial charge >= 0.3 is 0 Å². The number of nitrogens with one attached hydrogen (secondary N) is 1. The van der Waals surface area contributed by atoms with E-state index in [2.05, 4.69) is 16.4 Å². The number of piperidine rings is 1. The lowest BCUT2D eigenvalue weighted by Gasteiger charge is -2.39. The minimum absolute atomic E-state index is 0.242. The number of nitrogens with zero attached hydrogens (tertiary/aromatic N) is 1. The minimum Gasteiger partial charge on any atom is -0.385 e. The van der Waals surface area contributed by atoms with Gasteiger partial charge in [0.2, 0.25) is 0 Å². The van der Waals surface area contributed by atoms with Crippen LogP contribution in [0.4, 0.5) is 0 Å². The summed E-state index contributed by atoms with van der Waals surface area (Å²) in [5.74, 6) is 0.242. The van der Waals surface area contributed by atoms with Crippen molar-refractivity contribution in [1.29, 1.82) is 0 Å². The maximum Gasteiger partial charge on any atom is 0.0897 e. The van der Waals surface area contributed by atoms with Crippen molar-refractivity contribution in [1.82, 2.24) is 10.3 Å². The zero-order valence-corrected chi connectivity index (χ0v) is 12.4. The van der Waals surface area contributed by atoms with Crippen LogP contribution >= 0.6 is 0 Å². The van der Waals surface area contributed by atoms with E-state index in [9.17, 15) is 5.11 Å². The van der Waals surface area contributed by atoms with Crippen LogP contribution in [0.3, 0.4) is 0 Å². The molecule has 1 saturated heterocycles. The number of aliphatic hydroxyl groups is 1. The molecule has 1 aliphatic heterocycles. The summed E-state index contributed by atoms with van der Waals surface area (Å²) in [4.78, 5) is 4.20. The molecule has 1 aromatic heterocycles. The molecule has 0 spiro atoms. The molecule has 0 aliphatic carbocycles. The summed E-state index contributed by atoms with van der Waals surface area (Å²) in [5.41, 5.74) is 1.41. The lowest BCUT2D eigenvalue weighted by atomic mass is 9.75. The average Bonchev–Trinajstić information content (AvgIpc) is 2.57. The monoisotopic (exact) mass is 282 g/mol. The normalized spacial score (nSPS) is 25.2. The van der Waals surface area contributed by atoms with Crippen molar-refractivity contribution < 1.29 is 5.11 Å². The fourth-order valence-electron chi connectivity index (χ4n) is 3.28. The molecule has 0 saturated carbocycles. The molecule has 1 aromatic carbocycles. The van der Waals surface area contributed by atoms with Crippen molar-refractivity contribution in [3.8, 4) is 0 Å². The molecule has 3 rings (SSSR count). The van der Waals surface area contributed by atoms with Gasteiger partial charge in [0.15, 0.2) is 0 Å². The molecular weight excluding hydrogens is 260 g/mol. The Labute approximate surface area is 126 Å². The van der Waals surface area contributed by atoms with Gasteiger partial charge in [-0.05, 0) is 49.4 Å². The SMILES string of the molecule is CC(O)(c1ccccc1)C1CCNC(c2cccnc2)C1. The van der Waals surface area contributed by atoms with E-state index in [1.165, 1.54) is 5.56 Å². The van der Waals surface area contributed by atoms with Gasteiger partial charge in [-0.1, -0.05) is 36.4 Å². The van der Waals surface area contributed by atoms with E-state index >= 15 is 0 Å². The first-order valence-electron chi connectivity index (χ1n) is 7.59. The fraction of sp³-hybridized carbons (Fsp3) is 0.389. The number of pyridine rings is 1. The highest BCUT2D eigenvalue weighted by Gasteiger charge is 2.37. The van der Waals surface area contributed by atoms with Crippen LogP contribution in [0.5, 0.6) is 0 Å². The van der Waals surface area contributed by atoms with Crippen LogP contribution in [0.2, 0.25) is 0 Å². The Kier molecular flexibility index (Phi) is 4.04. The predicted molar refractivity (Wildman–Crippen MR) is 83.7 cm³/mol. The molecule has 3 heteroatoms. The molecule has 0 amide bonds. The van der Waals surface area contributed by atoms with Gasteiger partial charge in [-0.25, -0.2) is 0 Å². The molecule has 21 heavy (non-hydrogen) atoms. The van der Waals surface area contributed by atoms with Gasteiger partial charge in [-0.2, -0.15) is 0 Å². The molecule has 0 bridgehead atoms. The van der Waals surface area contributed by atoms with Gasteiger partial charge in [-0.3, -0.25) is 4.98 Å². The van der Waals surface area contributed by atoms with Crippen LogP contribution in [0.1, 0.15) is 36.9 Å². The topological polar surface area (TPSA) is 45.1 Å². The van der Waals surface area contributed by atoms with E-state index in [-0.39, 0.29) is 12.0 Å². The van der Waals surface area contributed by atoms with E-state index in [0.717, 1.165) is 24.9 Å². The smallest absolute Gasteiger partial charge is 0.0897 e. The van der Waals surface area contributed by atoms with Crippen molar-refractivity contribution >= 4 is 0 Å². The third-order valence-corrected chi connectivity index (χ3v) is 4.64. The summed E-state index contributed by atoms with van der Waals surface area (Å²) >= 11 is 0. The fourth-order valence-corrected chi connectivity index (χ4v) is 3.28. The second-order valence-electron chi connectivity index (χ2n) is 6.03. The molecule has 2 N–H and O–H groups in total. The van der Waals surface area contributed by atoms with Crippen LogP contribution in [0, 0.1) is 5.92 Å². The van der Waals surface area contributed by atoms with Crippen LogP contribution in [0.25, 0.3) is 0 Å². The Morgan fingerprint density at radius 2 is 2.00 bits per heavy atom. The molecule has 0 radical (unpaired) electrons. The summed E-state index contributed by atoms with van der Waals surface area (Å²) in [5, 5.41) is 14.6. The highest BCUT2D eigenvalue weighted by atomic mass is 16.3. The third kappa shape index (κ3) is 2.99. The van der Waals surface area contributed by atoms with E-state index in [0.29, 0.717) is 0 Å². The predicted octanol–water partition coefficient (Wildman–Crippen LogP) is 3.03. The van der Waals surface area contributed by atoms with Crippen LogP contribution in [-0.4, -0.2) is 16.6 Å². The number of aromatic nitrogens is 1. The quantitative estimate of drug-likeness (QED) is 0.909. The van der Waals surface area contributed by atoms with Crippen molar-refractivity contribution in [2.24, 2.45) is 5.92 Å². The van der Waals surface area contributed by atoms with Gasteiger partial charge in [0.25, 0.3) is 0 Å². The van der Waals surface area contributed by atoms with Crippen LogP contribution in [-0.2, 0) is 5.60 Å². The second-order valence-corrected chi connectivity index (χ2v) is 6.03. The summed E-state index contributed by atoms with van der Waals surface area (Å²) in [7, 11) is 0. The zero-order valence-electron chi connectivity index (χ0n) is 12.4. The molecule has 3 unspecified atom stereocenters. The summed E-state index contributed by atoms with van der Waals surface area (Å²) in [6.07, 6.45) is 5.62. The van der Waals surface area contributed by atoms with Crippen molar-refractivity contribution in [3.05, 3.63) is 66.0 Å². The number of hydrogen-bond donors (Lipinski definition) is 2. The van der Waals surface area contributed by atoms with Gasteiger partial charge in [-0.15, -0.1) is 0 Å². The Morgan fingerprint density at radius 3 is 2.71 bits per heavy atom. The molecule has 3 nitrogen and oxygen atoms in total. The number of benzene rings is 1. The summed E-state index contributed by atoms with van der Waals surface area (Å²) < 4.78 is 0. The lowest BCUT2D eigenvalue weighted by molar-refractivity contribution is -0.0254. The standard InChI is InChI=1S/C18H22N2O/c1-18(21,15-7-3-2-4-8-15)16-9-11-20-17(12-16)14-6-5-10-19-13-14/h2-8,10,13,16-17,20-21H,9,11-12H2,1H3. The van der Waals surface area contributed by atoms with Crippen molar-refractivity contribution in [2.45, 2.75) is 31.4 Å². The van der Waals surface area contributed by atoms with Gasteiger partial charge in [0.05, 0.1) is 5.60 Å². The van der Waals surface area contributed by atoms with E-state index in [1.807, 2.05) is 49.5 Å². The maximum absolute atomic E-state index is 11.0. The molecule has 2 heterocycles. The average molecular weight is 282 g/mol. The maximum atomic E-state index is 11.0. The molecule has 1 fully saturated rings. The van der Waals surface area contributed by atoms with Crippen LogP contribution in [0.15, 0.2) is 54.9 Å². The Morgan fingerprint density at radius 1 is 1.19 bits per heavy atom. The molecular formula is C18H22N2O. The highest BCUT2D eigenvalue weighted by Crippen LogP contribution is 2.39. The van der Waals surface area contributed by atoms with Gasteiger partial charge in [0.1, 0.15) is 0 Å². The first-order chi connectivity index (χ1) is 10.2. The zero-order chi connectivity index (χ0) is 14.7. The molecule has 2 aromatic rings. The summed E-state index contributed by atoms with van der Waals surface area (Å²) in [6.45, 7) is 2.87. The molecule has 1 aliphatic rings. The van der Waals surface area contributed by atoms with Crippen LogP contribution < -0.4 is 5.32 Å². The number of hydrogen-bond acceptors (Lipinski definition) is 3. The number of rotatable bonds is 3. The first kappa shape index (κ1) is 14.2. The van der Waals surface area contributed by atoms with Gasteiger partial charge < -0.3 is 10.4 Å². The Bertz CT molecular complexity index is 568. The molecule has 110 valence electrons. The minimum atomic E-state index is -0.788. The van der Waals surface area contributed by atoms with Crippen molar-refractivity contribution in [3.63, 3.8) is 0 Å². The highest BCUT2D eigenvalue weighted by molar-refractivity contribution is 5.23. The Balaban J connectivity index is 1.80. The summed E-state index contributed by atoms with van der Waals surface area (Å²) in [6, 6.07) is 14.3. The van der Waals surface area contributed by atoms with Crippen molar-refractivity contribution in [2.75, 3.05) is 6.54 Å². The van der Waals surface area contributed by atoms with E-state index < -0.39 is 5.60 Å². The molecule has 3 atom stereocenters. The second kappa shape index (κ2) is 5.96. The third-order valence-electron chi connectivity index (χ3n) is 4.64. The first-order valence-corrected chi connectivity index (χ1v) is 7.59. The van der Waals surface area contributed by atoms with E-state index in [4.69, 9.17) is 0 Å². The van der Waals surface area contributed by atoms with Gasteiger partial charge in [0, 0.05) is 18.4 Å². The largest absolute Gasteiger partial charge is 0.385 e. The lowest BCUT2D eigenvalue weighted by Crippen LogP contribution is -2.41.